The molecule has 2 rings (SSSR count). The van der Waals surface area contributed by atoms with Crippen molar-refractivity contribution >= 4 is 17.5 Å². The topological polar surface area (TPSA) is 125 Å². The number of benzene rings is 2. The Bertz CT molecular complexity index is 841. The number of hydrogen-bond acceptors (Lipinski definition) is 5. The number of carbonyl (C=O) groups excluding carboxylic acids is 2. The number of alkyl halides is 2. The van der Waals surface area contributed by atoms with Crippen molar-refractivity contribution in [3.05, 3.63) is 65.2 Å². The Balaban J connectivity index is 2.15. The SMILES string of the molecule is C[C@@](O)(C(F)F)[C@H](NC(=O)c1ccc(Cc2ccccc2N)cc1)C(=O)NO. The second kappa shape index (κ2) is 8.77. The first kappa shape index (κ1) is 21.3. The summed E-state index contributed by atoms with van der Waals surface area (Å²) in [4.78, 5) is 24.0. The van der Waals surface area contributed by atoms with Gasteiger partial charge in [0.15, 0.2) is 5.60 Å². The summed E-state index contributed by atoms with van der Waals surface area (Å²) in [6, 6.07) is 11.5. The summed E-state index contributed by atoms with van der Waals surface area (Å²) in [5, 5.41) is 20.6. The average molecular weight is 393 g/mol. The van der Waals surface area contributed by atoms with Crippen molar-refractivity contribution in [3.63, 3.8) is 0 Å². The molecule has 0 aliphatic carbocycles. The molecule has 0 bridgehead atoms. The monoisotopic (exact) mass is 393 g/mol. The number of nitrogens with one attached hydrogen (secondary N) is 2. The Hall–Kier alpha value is -3.04. The third-order valence-electron chi connectivity index (χ3n) is 4.34. The van der Waals surface area contributed by atoms with Crippen LogP contribution in [-0.4, -0.2) is 40.2 Å². The molecule has 0 saturated carbocycles. The van der Waals surface area contributed by atoms with E-state index in [9.17, 15) is 23.5 Å². The maximum absolute atomic E-state index is 13.0. The number of aliphatic hydroxyl groups is 1. The first-order valence-electron chi connectivity index (χ1n) is 8.34. The molecule has 2 atom stereocenters. The van der Waals surface area contributed by atoms with Crippen molar-refractivity contribution in [1.29, 1.82) is 0 Å². The van der Waals surface area contributed by atoms with Crippen LogP contribution < -0.4 is 16.5 Å². The molecule has 2 amide bonds. The molecule has 150 valence electrons. The molecule has 0 unspecified atom stereocenters. The predicted molar refractivity (Wildman–Crippen MR) is 97.9 cm³/mol. The number of anilines is 1. The van der Waals surface area contributed by atoms with Gasteiger partial charge in [-0.3, -0.25) is 14.8 Å². The van der Waals surface area contributed by atoms with Gasteiger partial charge in [-0.05, 0) is 42.7 Å². The maximum Gasteiger partial charge on any atom is 0.269 e. The molecule has 0 aliphatic rings. The van der Waals surface area contributed by atoms with Crippen molar-refractivity contribution in [2.75, 3.05) is 5.73 Å². The van der Waals surface area contributed by atoms with Gasteiger partial charge in [-0.15, -0.1) is 0 Å². The van der Waals surface area contributed by atoms with Crippen LogP contribution >= 0.6 is 0 Å². The largest absolute Gasteiger partial charge is 0.398 e. The fourth-order valence-corrected chi connectivity index (χ4v) is 2.57. The van der Waals surface area contributed by atoms with Gasteiger partial charge in [0.25, 0.3) is 18.2 Å². The van der Waals surface area contributed by atoms with E-state index in [0.717, 1.165) is 11.1 Å². The Morgan fingerprint density at radius 3 is 2.29 bits per heavy atom. The first-order valence-corrected chi connectivity index (χ1v) is 8.34. The van der Waals surface area contributed by atoms with Crippen LogP contribution in [0.5, 0.6) is 0 Å². The lowest BCUT2D eigenvalue weighted by Gasteiger charge is -2.30. The van der Waals surface area contributed by atoms with Gasteiger partial charge in [0, 0.05) is 11.3 Å². The lowest BCUT2D eigenvalue weighted by Crippen LogP contribution is -2.61. The van der Waals surface area contributed by atoms with E-state index in [1.807, 2.05) is 23.5 Å². The van der Waals surface area contributed by atoms with Gasteiger partial charge in [0.2, 0.25) is 0 Å². The Morgan fingerprint density at radius 1 is 1.14 bits per heavy atom. The number of nitrogen functional groups attached to an aromatic ring is 1. The van der Waals surface area contributed by atoms with Crippen molar-refractivity contribution < 1.29 is 28.7 Å². The second-order valence-electron chi connectivity index (χ2n) is 6.48. The van der Waals surface area contributed by atoms with E-state index in [1.165, 1.54) is 17.6 Å². The molecule has 0 fully saturated rings. The molecule has 9 heteroatoms. The highest BCUT2D eigenvalue weighted by Gasteiger charge is 2.46. The number of para-hydroxylation sites is 1. The number of hydrogen-bond donors (Lipinski definition) is 5. The minimum atomic E-state index is -3.34. The molecular weight excluding hydrogens is 372 g/mol. The molecule has 0 radical (unpaired) electrons. The van der Waals surface area contributed by atoms with Crippen LogP contribution in [0.3, 0.4) is 0 Å². The molecule has 7 nitrogen and oxygen atoms in total. The summed E-state index contributed by atoms with van der Waals surface area (Å²) < 4.78 is 26.1. The number of nitrogens with two attached hydrogens (primary N) is 1. The third-order valence-corrected chi connectivity index (χ3v) is 4.34. The molecule has 0 heterocycles. The van der Waals surface area contributed by atoms with Crippen LogP contribution in [0.2, 0.25) is 0 Å². The fourth-order valence-electron chi connectivity index (χ4n) is 2.57. The summed E-state index contributed by atoms with van der Waals surface area (Å²) in [6.07, 6.45) is -2.81. The average Bonchev–Trinajstić information content (AvgIpc) is 2.67. The molecule has 0 aliphatic heterocycles. The molecule has 28 heavy (non-hydrogen) atoms. The lowest BCUT2D eigenvalue weighted by atomic mass is 9.95. The third kappa shape index (κ3) is 4.81. The van der Waals surface area contributed by atoms with E-state index in [1.54, 1.807) is 18.2 Å². The molecule has 0 saturated heterocycles. The highest BCUT2D eigenvalue weighted by molar-refractivity contribution is 5.97. The number of hydroxylamine groups is 1. The minimum absolute atomic E-state index is 0.0885. The molecule has 0 aromatic heterocycles. The molecule has 2 aromatic rings. The quantitative estimate of drug-likeness (QED) is 0.277. The van der Waals surface area contributed by atoms with E-state index in [0.29, 0.717) is 19.0 Å². The van der Waals surface area contributed by atoms with E-state index in [4.69, 9.17) is 10.9 Å². The summed E-state index contributed by atoms with van der Waals surface area (Å²) in [7, 11) is 0. The Morgan fingerprint density at radius 2 is 1.75 bits per heavy atom. The van der Waals surface area contributed by atoms with Crippen LogP contribution in [0.1, 0.15) is 28.4 Å². The predicted octanol–water partition coefficient (Wildman–Crippen LogP) is 1.48. The fraction of sp³-hybridized carbons (Fsp3) is 0.263. The van der Waals surface area contributed by atoms with Crippen molar-refractivity contribution in [2.45, 2.75) is 31.4 Å². The van der Waals surface area contributed by atoms with Gasteiger partial charge in [0.05, 0.1) is 0 Å². The van der Waals surface area contributed by atoms with E-state index in [2.05, 4.69) is 0 Å². The van der Waals surface area contributed by atoms with Gasteiger partial charge in [0.1, 0.15) is 6.04 Å². The van der Waals surface area contributed by atoms with E-state index < -0.39 is 29.9 Å². The van der Waals surface area contributed by atoms with Gasteiger partial charge >= 0.3 is 0 Å². The zero-order valence-electron chi connectivity index (χ0n) is 15.0. The maximum atomic E-state index is 13.0. The van der Waals surface area contributed by atoms with Gasteiger partial charge in [-0.2, -0.15) is 0 Å². The number of halogens is 2. The smallest absolute Gasteiger partial charge is 0.269 e. The van der Waals surface area contributed by atoms with Gasteiger partial charge in [-0.25, -0.2) is 14.3 Å². The molecule has 0 spiro atoms. The molecule has 2 aromatic carbocycles. The van der Waals surface area contributed by atoms with Gasteiger partial charge < -0.3 is 16.2 Å². The van der Waals surface area contributed by atoms with Crippen LogP contribution in [0, 0.1) is 0 Å². The zero-order valence-corrected chi connectivity index (χ0v) is 15.0. The zero-order chi connectivity index (χ0) is 20.9. The van der Waals surface area contributed by atoms with Crippen molar-refractivity contribution in [3.8, 4) is 0 Å². The molecule has 6 N–H and O–H groups in total. The van der Waals surface area contributed by atoms with E-state index in [-0.39, 0.29) is 5.56 Å². The summed E-state index contributed by atoms with van der Waals surface area (Å²) >= 11 is 0. The lowest BCUT2D eigenvalue weighted by molar-refractivity contribution is -0.149. The Kier molecular flexibility index (Phi) is 6.66. The highest BCUT2D eigenvalue weighted by atomic mass is 19.3. The van der Waals surface area contributed by atoms with Crippen LogP contribution in [0.15, 0.2) is 48.5 Å². The minimum Gasteiger partial charge on any atom is -0.398 e. The first-order chi connectivity index (χ1) is 13.2. The molecular formula is C19H21F2N3O4. The second-order valence-corrected chi connectivity index (χ2v) is 6.48. The van der Waals surface area contributed by atoms with E-state index >= 15 is 0 Å². The van der Waals surface area contributed by atoms with Crippen molar-refractivity contribution in [2.24, 2.45) is 0 Å². The normalized spacial score (nSPS) is 14.2. The van der Waals surface area contributed by atoms with Crippen molar-refractivity contribution in [1.82, 2.24) is 10.8 Å². The van der Waals surface area contributed by atoms with Crippen LogP contribution in [0.4, 0.5) is 14.5 Å². The number of carbonyl (C=O) groups is 2. The summed E-state index contributed by atoms with van der Waals surface area (Å²) in [6.45, 7) is 0.686. The van der Waals surface area contributed by atoms with Crippen LogP contribution in [0.25, 0.3) is 0 Å². The number of rotatable bonds is 7. The van der Waals surface area contributed by atoms with Gasteiger partial charge in [-0.1, -0.05) is 30.3 Å². The highest BCUT2D eigenvalue weighted by Crippen LogP contribution is 2.21. The summed E-state index contributed by atoms with van der Waals surface area (Å²) in [5.74, 6) is -2.23. The summed E-state index contributed by atoms with van der Waals surface area (Å²) in [5.41, 5.74) is 6.68. The number of amides is 2. The Labute approximate surface area is 160 Å². The standard InChI is InChI=1S/C19H21F2N3O4/c1-19(27,18(20)21)15(17(26)24-28)23-16(25)12-8-6-11(7-9-12)10-13-4-2-3-5-14(13)22/h2-9,15,18,27-28H,10,22H2,1H3,(H,23,25)(H,24,26)/t15-,19+/m1/s1. The van der Waals surface area contributed by atoms with Crippen LogP contribution in [-0.2, 0) is 11.2 Å².